The number of rotatable bonds is 6. The Morgan fingerprint density at radius 1 is 1.33 bits per heavy atom. The topological polar surface area (TPSA) is 118 Å². The molecule has 0 spiro atoms. The minimum absolute atomic E-state index is 0.0423. The monoisotopic (exact) mass is 455 g/mol. The van der Waals surface area contributed by atoms with E-state index in [0.717, 1.165) is 19.3 Å². The average Bonchev–Trinajstić information content (AvgIpc) is 3.17. The summed E-state index contributed by atoms with van der Waals surface area (Å²) in [7, 11) is 0. The van der Waals surface area contributed by atoms with Gasteiger partial charge in [0.2, 0.25) is 11.8 Å². The van der Waals surface area contributed by atoms with E-state index in [0.29, 0.717) is 36.6 Å². The van der Waals surface area contributed by atoms with Gasteiger partial charge >= 0.3 is 0 Å². The molecule has 10 nitrogen and oxygen atoms in total. The van der Waals surface area contributed by atoms with E-state index in [9.17, 15) is 19.5 Å². The number of aromatic hydroxyl groups is 1. The smallest absolute Gasteiger partial charge is 0.270 e. The molecule has 2 N–H and O–H groups in total. The van der Waals surface area contributed by atoms with Crippen molar-refractivity contribution in [3.63, 3.8) is 0 Å². The summed E-state index contributed by atoms with van der Waals surface area (Å²) < 4.78 is 8.27. The fraction of sp³-hybridized carbons (Fsp3) is 0.565. The summed E-state index contributed by atoms with van der Waals surface area (Å²) in [4.78, 5) is 40.7. The van der Waals surface area contributed by atoms with Crippen LogP contribution in [0.4, 0.5) is 0 Å². The average molecular weight is 456 g/mol. The molecule has 0 radical (unpaired) electrons. The first-order chi connectivity index (χ1) is 15.7. The van der Waals surface area contributed by atoms with Crippen LogP contribution >= 0.6 is 0 Å². The van der Waals surface area contributed by atoms with Gasteiger partial charge in [0.25, 0.3) is 11.5 Å². The number of nitrogens with zero attached hydrogens (tertiary/aromatic N) is 4. The first kappa shape index (κ1) is 21.7. The number of hydrogen-bond acceptors (Lipinski definition) is 6. The highest BCUT2D eigenvalue weighted by molar-refractivity contribution is 5.97. The Morgan fingerprint density at radius 2 is 2.09 bits per heavy atom. The van der Waals surface area contributed by atoms with Crippen molar-refractivity contribution in [3.8, 4) is 5.88 Å². The lowest BCUT2D eigenvalue weighted by atomic mass is 10.1. The molecule has 3 aliphatic rings. The summed E-state index contributed by atoms with van der Waals surface area (Å²) in [5.74, 6) is -1.10. The number of carbonyl (C=O) groups is 2. The Balaban J connectivity index is 1.58. The molecule has 176 valence electrons. The van der Waals surface area contributed by atoms with E-state index >= 15 is 0 Å². The summed E-state index contributed by atoms with van der Waals surface area (Å²) in [6, 6.07) is 0.147. The second kappa shape index (κ2) is 8.02. The fourth-order valence-corrected chi connectivity index (χ4v) is 4.70. The van der Waals surface area contributed by atoms with Crippen molar-refractivity contribution in [3.05, 3.63) is 33.3 Å². The van der Waals surface area contributed by atoms with Gasteiger partial charge in [-0.05, 0) is 38.2 Å². The van der Waals surface area contributed by atoms with Crippen molar-refractivity contribution < 1.29 is 19.4 Å². The van der Waals surface area contributed by atoms with Gasteiger partial charge in [0.05, 0.1) is 24.4 Å². The van der Waals surface area contributed by atoms with Crippen LogP contribution in [0.25, 0.3) is 11.7 Å². The molecule has 5 rings (SSSR count). The number of fused-ring (bicyclic) bond motifs is 3. The molecule has 2 atom stereocenters. The number of morpholine rings is 1. The molecule has 2 amide bonds. The maximum atomic E-state index is 13.4. The zero-order chi connectivity index (χ0) is 23.4. The van der Waals surface area contributed by atoms with Gasteiger partial charge in [0.1, 0.15) is 5.65 Å². The van der Waals surface area contributed by atoms with Crippen molar-refractivity contribution >= 4 is 23.5 Å². The van der Waals surface area contributed by atoms with Gasteiger partial charge in [0.15, 0.2) is 5.56 Å². The number of nitrogens with one attached hydrogen (secondary N) is 1. The molecule has 3 fully saturated rings. The molecule has 4 heterocycles. The summed E-state index contributed by atoms with van der Waals surface area (Å²) in [5.41, 5.74) is 0.587. The third-order valence-corrected chi connectivity index (χ3v) is 6.48. The summed E-state index contributed by atoms with van der Waals surface area (Å²) in [5, 5.41) is 18.0. The number of aromatic nitrogens is 3. The van der Waals surface area contributed by atoms with Crippen LogP contribution < -0.4 is 10.9 Å². The van der Waals surface area contributed by atoms with E-state index in [1.807, 2.05) is 18.7 Å². The molecule has 33 heavy (non-hydrogen) atoms. The first-order valence-corrected chi connectivity index (χ1v) is 11.5. The highest BCUT2D eigenvalue weighted by atomic mass is 16.5. The van der Waals surface area contributed by atoms with Gasteiger partial charge < -0.3 is 20.1 Å². The number of carbonyl (C=O) groups excluding carboxylic acids is 2. The SMILES string of the molecule is Cc1nn2c(O)c(C(=O)NC3CC3)c(=O)n(CC(C)C)c2c1/C=C/C(=O)N1C[C@@H]2C[C@H]1CO2. The zero-order valence-electron chi connectivity index (χ0n) is 19.1. The Bertz CT molecular complexity index is 1220. The van der Waals surface area contributed by atoms with Crippen LogP contribution in [0, 0.1) is 12.8 Å². The zero-order valence-corrected chi connectivity index (χ0v) is 19.1. The van der Waals surface area contributed by atoms with Crippen LogP contribution in [0.1, 0.15) is 54.7 Å². The molecule has 2 aliphatic heterocycles. The van der Waals surface area contributed by atoms with E-state index in [-0.39, 0.29) is 35.6 Å². The molecule has 0 unspecified atom stereocenters. The van der Waals surface area contributed by atoms with Crippen LogP contribution in [0.3, 0.4) is 0 Å². The van der Waals surface area contributed by atoms with Gasteiger partial charge in [-0.25, -0.2) is 0 Å². The van der Waals surface area contributed by atoms with Gasteiger partial charge in [-0.3, -0.25) is 19.0 Å². The maximum absolute atomic E-state index is 13.4. The quantitative estimate of drug-likeness (QED) is 0.629. The number of hydrogen-bond donors (Lipinski definition) is 2. The Hall–Kier alpha value is -3.14. The molecular weight excluding hydrogens is 426 g/mol. The van der Waals surface area contributed by atoms with Crippen LogP contribution in [-0.4, -0.2) is 67.3 Å². The maximum Gasteiger partial charge on any atom is 0.270 e. The molecular formula is C23H29N5O5. The predicted molar refractivity (Wildman–Crippen MR) is 120 cm³/mol. The Kier molecular flexibility index (Phi) is 5.27. The van der Waals surface area contributed by atoms with E-state index in [1.54, 1.807) is 13.0 Å². The second-order valence-electron chi connectivity index (χ2n) is 9.66. The lowest BCUT2D eigenvalue weighted by Gasteiger charge is -2.25. The Morgan fingerprint density at radius 3 is 2.70 bits per heavy atom. The molecule has 2 bridgehead atoms. The predicted octanol–water partition coefficient (Wildman–Crippen LogP) is 1.07. The minimum Gasteiger partial charge on any atom is -0.492 e. The second-order valence-corrected chi connectivity index (χ2v) is 9.66. The summed E-state index contributed by atoms with van der Waals surface area (Å²) in [6.07, 6.45) is 5.83. The van der Waals surface area contributed by atoms with Crippen LogP contribution in [0.15, 0.2) is 10.9 Å². The van der Waals surface area contributed by atoms with E-state index in [4.69, 9.17) is 4.74 Å². The van der Waals surface area contributed by atoms with E-state index in [2.05, 4.69) is 10.4 Å². The van der Waals surface area contributed by atoms with Crippen molar-refractivity contribution in [2.24, 2.45) is 5.92 Å². The third kappa shape index (κ3) is 3.82. The highest BCUT2D eigenvalue weighted by Crippen LogP contribution is 2.29. The summed E-state index contributed by atoms with van der Waals surface area (Å²) in [6.45, 7) is 7.15. The third-order valence-electron chi connectivity index (χ3n) is 6.48. The van der Waals surface area contributed by atoms with Gasteiger partial charge in [0, 0.05) is 30.8 Å². The number of likely N-dealkylation sites (tertiary alicyclic amines) is 1. The first-order valence-electron chi connectivity index (χ1n) is 11.5. The fourth-order valence-electron chi connectivity index (χ4n) is 4.70. The number of aryl methyl sites for hydroxylation is 1. The number of ether oxygens (including phenoxy) is 1. The minimum atomic E-state index is -0.592. The van der Waals surface area contributed by atoms with Crippen molar-refractivity contribution in [2.75, 3.05) is 13.2 Å². The van der Waals surface area contributed by atoms with E-state index in [1.165, 1.54) is 15.2 Å². The summed E-state index contributed by atoms with van der Waals surface area (Å²) >= 11 is 0. The molecule has 1 aliphatic carbocycles. The standard InChI is InChI=1S/C23H29N5O5/c1-12(2)9-27-21-17(6-7-18(29)26-10-16-8-15(26)11-33-16)13(3)25-28(21)23(32)19(22(27)31)20(30)24-14-4-5-14/h6-7,12,14-16,32H,4-5,8-11H2,1-3H3,(H,24,30)/b7-6+/t15-,16-/m0/s1. The van der Waals surface area contributed by atoms with Crippen LogP contribution in [0.5, 0.6) is 5.88 Å². The highest BCUT2D eigenvalue weighted by Gasteiger charge is 2.40. The van der Waals surface area contributed by atoms with Crippen LogP contribution in [0.2, 0.25) is 0 Å². The molecule has 1 saturated carbocycles. The van der Waals surface area contributed by atoms with E-state index < -0.39 is 17.3 Å². The van der Waals surface area contributed by atoms with Crippen molar-refractivity contribution in [1.82, 2.24) is 24.4 Å². The van der Waals surface area contributed by atoms with Crippen LogP contribution in [-0.2, 0) is 16.1 Å². The van der Waals surface area contributed by atoms with Gasteiger partial charge in [-0.15, -0.1) is 0 Å². The van der Waals surface area contributed by atoms with Gasteiger partial charge in [-0.2, -0.15) is 9.61 Å². The lowest BCUT2D eigenvalue weighted by molar-refractivity contribution is -0.130. The normalized spacial score (nSPS) is 22.2. The van der Waals surface area contributed by atoms with Gasteiger partial charge in [-0.1, -0.05) is 13.8 Å². The molecule has 0 aromatic carbocycles. The molecule has 2 aromatic heterocycles. The Labute approximate surface area is 190 Å². The molecule has 2 aromatic rings. The lowest BCUT2D eigenvalue weighted by Crippen LogP contribution is -2.40. The largest absolute Gasteiger partial charge is 0.492 e. The van der Waals surface area contributed by atoms with Crippen molar-refractivity contribution in [1.29, 1.82) is 0 Å². The number of amides is 2. The molecule has 10 heteroatoms. The molecule has 2 saturated heterocycles. The van der Waals surface area contributed by atoms with Crippen molar-refractivity contribution in [2.45, 2.75) is 64.8 Å².